The molecule has 0 spiro atoms. The molecule has 0 amide bonds. The molecule has 0 aliphatic rings. The Labute approximate surface area is 87.2 Å². The van der Waals surface area contributed by atoms with Gasteiger partial charge in [0.05, 0.1) is 0 Å². The largest absolute Gasteiger partial charge is 0.544 e. The van der Waals surface area contributed by atoms with Crippen molar-refractivity contribution >= 4 is 8.32 Å². The van der Waals surface area contributed by atoms with Crippen molar-refractivity contribution in [1.29, 1.82) is 0 Å². The van der Waals surface area contributed by atoms with Crippen LogP contribution in [0.15, 0.2) is 24.3 Å². The van der Waals surface area contributed by atoms with Gasteiger partial charge in [-0.1, -0.05) is 12.1 Å². The molecule has 0 heterocycles. The van der Waals surface area contributed by atoms with E-state index in [1.54, 1.807) is 0 Å². The minimum Gasteiger partial charge on any atom is -0.544 e. The van der Waals surface area contributed by atoms with Crippen molar-refractivity contribution in [1.82, 2.24) is 0 Å². The summed E-state index contributed by atoms with van der Waals surface area (Å²) in [5.74, 6) is 0.952. The summed E-state index contributed by atoms with van der Waals surface area (Å²) in [6, 6.07) is 8.14. The van der Waals surface area contributed by atoms with Gasteiger partial charge in [-0.2, -0.15) is 0 Å². The van der Waals surface area contributed by atoms with Crippen LogP contribution in [-0.4, -0.2) is 8.32 Å². The third-order valence-corrected chi connectivity index (χ3v) is 2.68. The van der Waals surface area contributed by atoms with E-state index in [-0.39, 0.29) is 6.04 Å². The summed E-state index contributed by atoms with van der Waals surface area (Å²) >= 11 is 0. The Kier molecular flexibility index (Phi) is 3.34. The molecule has 1 aromatic rings. The molecule has 2 N–H and O–H groups in total. The van der Waals surface area contributed by atoms with Crippen molar-refractivity contribution in [3.63, 3.8) is 0 Å². The summed E-state index contributed by atoms with van der Waals surface area (Å²) in [6.07, 6.45) is 0. The Balaban J connectivity index is 2.74. The molecular formula is C11H19NOSi. The second kappa shape index (κ2) is 4.15. The predicted molar refractivity (Wildman–Crippen MR) is 63.0 cm³/mol. The Morgan fingerprint density at radius 3 is 2.00 bits per heavy atom. The SMILES string of the molecule is C[C@H](N)c1ccc(O[Si](C)(C)C)cc1. The molecule has 1 aromatic carbocycles. The molecule has 0 radical (unpaired) electrons. The van der Waals surface area contributed by atoms with Crippen molar-refractivity contribution in [3.8, 4) is 5.75 Å². The molecule has 2 nitrogen and oxygen atoms in total. The second-order valence-electron chi connectivity index (χ2n) is 4.57. The topological polar surface area (TPSA) is 35.2 Å². The van der Waals surface area contributed by atoms with Crippen molar-refractivity contribution < 1.29 is 4.43 Å². The van der Waals surface area contributed by atoms with E-state index in [4.69, 9.17) is 10.2 Å². The summed E-state index contributed by atoms with van der Waals surface area (Å²) in [6.45, 7) is 8.50. The molecule has 78 valence electrons. The van der Waals surface area contributed by atoms with E-state index < -0.39 is 8.32 Å². The van der Waals surface area contributed by atoms with Gasteiger partial charge in [0, 0.05) is 6.04 Å². The molecule has 0 unspecified atom stereocenters. The molecule has 14 heavy (non-hydrogen) atoms. The summed E-state index contributed by atoms with van der Waals surface area (Å²) in [7, 11) is -1.47. The first-order valence-electron chi connectivity index (χ1n) is 4.93. The van der Waals surface area contributed by atoms with Crippen molar-refractivity contribution in [2.45, 2.75) is 32.6 Å². The zero-order valence-corrected chi connectivity index (χ0v) is 10.4. The van der Waals surface area contributed by atoms with E-state index in [2.05, 4.69) is 19.6 Å². The van der Waals surface area contributed by atoms with Crippen LogP contribution in [0.2, 0.25) is 19.6 Å². The fraction of sp³-hybridized carbons (Fsp3) is 0.455. The first kappa shape index (κ1) is 11.3. The Bertz CT molecular complexity index is 287. The lowest BCUT2D eigenvalue weighted by molar-refractivity contribution is 0.557. The number of nitrogens with two attached hydrogens (primary N) is 1. The first-order valence-corrected chi connectivity index (χ1v) is 8.34. The summed E-state index contributed by atoms with van der Waals surface area (Å²) in [5.41, 5.74) is 6.91. The van der Waals surface area contributed by atoms with Gasteiger partial charge in [0.15, 0.2) is 0 Å². The van der Waals surface area contributed by atoms with E-state index >= 15 is 0 Å². The van der Waals surface area contributed by atoms with E-state index in [0.717, 1.165) is 11.3 Å². The third kappa shape index (κ3) is 3.52. The van der Waals surface area contributed by atoms with Crippen molar-refractivity contribution in [2.75, 3.05) is 0 Å². The molecule has 0 aliphatic carbocycles. The van der Waals surface area contributed by atoms with Gasteiger partial charge >= 0.3 is 0 Å². The third-order valence-electron chi connectivity index (χ3n) is 1.83. The van der Waals surface area contributed by atoms with E-state index in [1.165, 1.54) is 0 Å². The summed E-state index contributed by atoms with van der Waals surface area (Å²) < 4.78 is 5.83. The van der Waals surface area contributed by atoms with Gasteiger partial charge in [-0.15, -0.1) is 0 Å². The molecule has 1 atom stereocenters. The number of hydrogen-bond acceptors (Lipinski definition) is 2. The minimum absolute atomic E-state index is 0.0935. The molecule has 0 bridgehead atoms. The maximum absolute atomic E-state index is 5.83. The average Bonchev–Trinajstić information content (AvgIpc) is 2.02. The van der Waals surface area contributed by atoms with E-state index in [9.17, 15) is 0 Å². The zero-order chi connectivity index (χ0) is 10.8. The fourth-order valence-electron chi connectivity index (χ4n) is 1.19. The van der Waals surface area contributed by atoms with Gasteiger partial charge in [0.2, 0.25) is 8.32 Å². The van der Waals surface area contributed by atoms with Crippen LogP contribution in [0.25, 0.3) is 0 Å². The number of benzene rings is 1. The van der Waals surface area contributed by atoms with Gasteiger partial charge in [-0.05, 0) is 44.3 Å². The zero-order valence-electron chi connectivity index (χ0n) is 9.37. The fourth-order valence-corrected chi connectivity index (χ4v) is 2.04. The van der Waals surface area contributed by atoms with Crippen LogP contribution in [-0.2, 0) is 0 Å². The average molecular weight is 209 g/mol. The first-order chi connectivity index (χ1) is 6.38. The van der Waals surface area contributed by atoms with Crippen LogP contribution >= 0.6 is 0 Å². The normalized spacial score (nSPS) is 13.8. The summed E-state index contributed by atoms with van der Waals surface area (Å²) in [5, 5.41) is 0. The highest BCUT2D eigenvalue weighted by molar-refractivity contribution is 6.70. The second-order valence-corrected chi connectivity index (χ2v) is 9.00. The standard InChI is InChI=1S/C11H19NOSi/c1-9(12)10-5-7-11(8-6-10)13-14(2,3)4/h5-9H,12H2,1-4H3/t9-/m0/s1. The van der Waals surface area contributed by atoms with Crippen LogP contribution in [0, 0.1) is 0 Å². The lowest BCUT2D eigenvalue weighted by atomic mass is 10.1. The predicted octanol–water partition coefficient (Wildman–Crippen LogP) is 2.92. The molecule has 1 rings (SSSR count). The van der Waals surface area contributed by atoms with Crippen LogP contribution < -0.4 is 10.2 Å². The molecule has 0 saturated carbocycles. The highest BCUT2D eigenvalue weighted by atomic mass is 28.4. The number of hydrogen-bond donors (Lipinski definition) is 1. The van der Waals surface area contributed by atoms with Crippen molar-refractivity contribution in [3.05, 3.63) is 29.8 Å². The monoisotopic (exact) mass is 209 g/mol. The van der Waals surface area contributed by atoms with Crippen LogP contribution in [0.5, 0.6) is 5.75 Å². The van der Waals surface area contributed by atoms with Crippen LogP contribution in [0.4, 0.5) is 0 Å². The van der Waals surface area contributed by atoms with Crippen LogP contribution in [0.1, 0.15) is 18.5 Å². The van der Waals surface area contributed by atoms with E-state index in [0.29, 0.717) is 0 Å². The van der Waals surface area contributed by atoms with Gasteiger partial charge in [0.25, 0.3) is 0 Å². The van der Waals surface area contributed by atoms with Crippen LogP contribution in [0.3, 0.4) is 0 Å². The Morgan fingerprint density at radius 1 is 1.14 bits per heavy atom. The summed E-state index contributed by atoms with van der Waals surface area (Å²) in [4.78, 5) is 0. The molecule has 3 heteroatoms. The highest BCUT2D eigenvalue weighted by Gasteiger charge is 2.15. The van der Waals surface area contributed by atoms with Gasteiger partial charge in [-0.25, -0.2) is 0 Å². The van der Waals surface area contributed by atoms with Crippen molar-refractivity contribution in [2.24, 2.45) is 5.73 Å². The highest BCUT2D eigenvalue weighted by Crippen LogP contribution is 2.18. The van der Waals surface area contributed by atoms with Gasteiger partial charge in [-0.3, -0.25) is 0 Å². The minimum atomic E-state index is -1.47. The lowest BCUT2D eigenvalue weighted by Gasteiger charge is -2.19. The molecule has 0 aliphatic heterocycles. The van der Waals surface area contributed by atoms with Gasteiger partial charge < -0.3 is 10.2 Å². The smallest absolute Gasteiger partial charge is 0.242 e. The quantitative estimate of drug-likeness (QED) is 0.777. The maximum atomic E-state index is 5.83. The van der Waals surface area contributed by atoms with Gasteiger partial charge in [0.1, 0.15) is 5.75 Å². The lowest BCUT2D eigenvalue weighted by Crippen LogP contribution is -2.29. The molecule has 0 saturated heterocycles. The molecule has 0 aromatic heterocycles. The molecule has 0 fully saturated rings. The molecular weight excluding hydrogens is 190 g/mol. The Morgan fingerprint density at radius 2 is 1.64 bits per heavy atom. The number of rotatable bonds is 3. The Hall–Kier alpha value is -0.803. The maximum Gasteiger partial charge on any atom is 0.242 e. The van der Waals surface area contributed by atoms with E-state index in [1.807, 2.05) is 31.2 Å².